The van der Waals surface area contributed by atoms with E-state index in [1.165, 1.54) is 6.33 Å². The lowest BCUT2D eigenvalue weighted by atomic mass is 10.0. The largest absolute Gasteiger partial charge is 0.379 e. The van der Waals surface area contributed by atoms with E-state index in [9.17, 15) is 4.79 Å². The number of fused-ring (bicyclic) bond motifs is 1. The van der Waals surface area contributed by atoms with Crippen molar-refractivity contribution < 1.29 is 9.53 Å². The zero-order chi connectivity index (χ0) is 20.1. The molecular weight excluding hydrogens is 356 g/mol. The highest BCUT2D eigenvalue weighted by molar-refractivity contribution is 5.76. The highest BCUT2D eigenvalue weighted by Gasteiger charge is 2.22. The lowest BCUT2D eigenvalue weighted by molar-refractivity contribution is -0.121. The first-order chi connectivity index (χ1) is 13.5. The number of hydrogen-bond donors (Lipinski definition) is 1. The summed E-state index contributed by atoms with van der Waals surface area (Å²) in [5, 5.41) is 7.36. The van der Waals surface area contributed by atoms with Gasteiger partial charge in [0.2, 0.25) is 5.91 Å². The molecule has 2 aromatic heterocycles. The number of aromatic nitrogens is 4. The first-order valence-electron chi connectivity index (χ1n) is 10.2. The lowest BCUT2D eigenvalue weighted by Gasteiger charge is -2.35. The zero-order valence-electron chi connectivity index (χ0n) is 17.4. The molecule has 1 aliphatic rings. The molecule has 8 nitrogen and oxygen atoms in total. The van der Waals surface area contributed by atoms with Crippen molar-refractivity contribution in [3.63, 3.8) is 0 Å². The summed E-state index contributed by atoms with van der Waals surface area (Å²) >= 11 is 0. The smallest absolute Gasteiger partial charge is 0.252 e. The van der Waals surface area contributed by atoms with Crippen LogP contribution in [0.1, 0.15) is 43.6 Å². The summed E-state index contributed by atoms with van der Waals surface area (Å²) in [6, 6.07) is 0.365. The normalized spacial score (nSPS) is 16.6. The number of morpholine rings is 1. The van der Waals surface area contributed by atoms with Crippen LogP contribution in [0.5, 0.6) is 0 Å². The Hall–Kier alpha value is -2.06. The van der Waals surface area contributed by atoms with Gasteiger partial charge in [-0.25, -0.2) is 9.50 Å². The van der Waals surface area contributed by atoms with Gasteiger partial charge in [-0.3, -0.25) is 9.69 Å². The number of ether oxygens (including phenoxy) is 1. The average molecular weight is 389 g/mol. The van der Waals surface area contributed by atoms with Crippen molar-refractivity contribution in [1.29, 1.82) is 0 Å². The third-order valence-electron chi connectivity index (χ3n) is 5.43. The van der Waals surface area contributed by atoms with Gasteiger partial charge in [0.25, 0.3) is 5.78 Å². The van der Waals surface area contributed by atoms with Crippen molar-refractivity contribution >= 4 is 11.7 Å². The van der Waals surface area contributed by atoms with Crippen molar-refractivity contribution in [2.24, 2.45) is 5.92 Å². The summed E-state index contributed by atoms with van der Waals surface area (Å²) in [6.07, 6.45) is 3.68. The fraction of sp³-hybridized carbons (Fsp3) is 0.700. The summed E-state index contributed by atoms with van der Waals surface area (Å²) in [4.78, 5) is 23.6. The molecule has 0 bridgehead atoms. The van der Waals surface area contributed by atoms with Crippen LogP contribution < -0.4 is 5.32 Å². The van der Waals surface area contributed by atoms with E-state index in [0.29, 0.717) is 37.1 Å². The van der Waals surface area contributed by atoms with Gasteiger partial charge in [0, 0.05) is 43.5 Å². The topological polar surface area (TPSA) is 84.6 Å². The number of hydrogen-bond acceptors (Lipinski definition) is 6. The van der Waals surface area contributed by atoms with E-state index in [-0.39, 0.29) is 5.91 Å². The Kier molecular flexibility index (Phi) is 6.96. The quantitative estimate of drug-likeness (QED) is 0.738. The van der Waals surface area contributed by atoms with E-state index in [1.807, 2.05) is 13.8 Å². The molecule has 0 aliphatic carbocycles. The second kappa shape index (κ2) is 9.43. The van der Waals surface area contributed by atoms with Gasteiger partial charge < -0.3 is 10.1 Å². The van der Waals surface area contributed by atoms with Crippen LogP contribution in [-0.2, 0) is 16.0 Å². The van der Waals surface area contributed by atoms with Crippen LogP contribution in [0.3, 0.4) is 0 Å². The van der Waals surface area contributed by atoms with E-state index < -0.39 is 0 Å². The molecule has 0 radical (unpaired) electrons. The molecule has 1 saturated heterocycles. The Bertz CT molecular complexity index is 797. The van der Waals surface area contributed by atoms with Crippen LogP contribution in [0.2, 0.25) is 0 Å². The van der Waals surface area contributed by atoms with Gasteiger partial charge in [-0.15, -0.1) is 0 Å². The second-order valence-corrected chi connectivity index (χ2v) is 7.97. The molecule has 8 heteroatoms. The van der Waals surface area contributed by atoms with Gasteiger partial charge in [-0.2, -0.15) is 10.1 Å². The van der Waals surface area contributed by atoms with Gasteiger partial charge in [0.1, 0.15) is 6.33 Å². The summed E-state index contributed by atoms with van der Waals surface area (Å²) < 4.78 is 7.20. The number of amides is 1. The van der Waals surface area contributed by atoms with Crippen molar-refractivity contribution in [2.75, 3.05) is 32.8 Å². The SMILES string of the molecule is Cc1nc2ncnn2c(C)c1CCC(=O)NCC(CC(C)C)N1CCOCC1. The first kappa shape index (κ1) is 20.7. The van der Waals surface area contributed by atoms with Crippen LogP contribution in [0, 0.1) is 19.8 Å². The summed E-state index contributed by atoms with van der Waals surface area (Å²) in [7, 11) is 0. The lowest BCUT2D eigenvalue weighted by Crippen LogP contribution is -2.49. The third-order valence-corrected chi connectivity index (χ3v) is 5.43. The maximum atomic E-state index is 12.5. The zero-order valence-corrected chi connectivity index (χ0v) is 17.4. The Morgan fingerprint density at radius 2 is 2.04 bits per heavy atom. The van der Waals surface area contributed by atoms with E-state index in [0.717, 1.165) is 49.7 Å². The molecule has 2 aromatic rings. The van der Waals surface area contributed by atoms with Gasteiger partial charge in [0.15, 0.2) is 0 Å². The Balaban J connectivity index is 1.56. The predicted molar refractivity (Wildman–Crippen MR) is 107 cm³/mol. The van der Waals surface area contributed by atoms with Gasteiger partial charge in [-0.05, 0) is 38.2 Å². The van der Waals surface area contributed by atoms with Crippen LogP contribution in [0.25, 0.3) is 5.78 Å². The number of aryl methyl sites for hydroxylation is 2. The van der Waals surface area contributed by atoms with Gasteiger partial charge in [0.05, 0.1) is 13.2 Å². The molecular formula is C20H32N6O2. The Morgan fingerprint density at radius 3 is 2.75 bits per heavy atom. The van der Waals surface area contributed by atoms with Gasteiger partial charge >= 0.3 is 0 Å². The highest BCUT2D eigenvalue weighted by Crippen LogP contribution is 2.16. The predicted octanol–water partition coefficient (Wildman–Crippen LogP) is 1.54. The van der Waals surface area contributed by atoms with Crippen molar-refractivity contribution in [3.8, 4) is 0 Å². The van der Waals surface area contributed by atoms with Gasteiger partial charge in [-0.1, -0.05) is 13.8 Å². The molecule has 3 heterocycles. The van der Waals surface area contributed by atoms with Crippen LogP contribution in [-0.4, -0.2) is 69.3 Å². The molecule has 1 unspecified atom stereocenters. The first-order valence-corrected chi connectivity index (χ1v) is 10.2. The number of rotatable bonds is 8. The summed E-state index contributed by atoms with van der Waals surface area (Å²) in [5.74, 6) is 1.28. The number of carbonyl (C=O) groups is 1. The number of carbonyl (C=O) groups excluding carboxylic acids is 1. The van der Waals surface area contributed by atoms with E-state index >= 15 is 0 Å². The average Bonchev–Trinajstić information content (AvgIpc) is 3.14. The molecule has 1 N–H and O–H groups in total. The number of nitrogens with zero attached hydrogens (tertiary/aromatic N) is 5. The molecule has 3 rings (SSSR count). The second-order valence-electron chi connectivity index (χ2n) is 7.97. The molecule has 1 fully saturated rings. The van der Waals surface area contributed by atoms with E-state index in [1.54, 1.807) is 4.52 Å². The summed E-state index contributed by atoms with van der Waals surface area (Å²) in [6.45, 7) is 12.5. The molecule has 1 amide bonds. The fourth-order valence-electron chi connectivity index (χ4n) is 3.92. The molecule has 1 aliphatic heterocycles. The standard InChI is InChI=1S/C20H32N6O2/c1-14(2)11-17(25-7-9-28-10-8-25)12-21-19(27)6-5-18-15(3)24-20-22-13-23-26(20)16(18)4/h13-14,17H,5-12H2,1-4H3,(H,21,27). The van der Waals surface area contributed by atoms with E-state index in [4.69, 9.17) is 4.74 Å². The number of nitrogens with one attached hydrogen (secondary N) is 1. The molecule has 0 spiro atoms. The van der Waals surface area contributed by atoms with Crippen molar-refractivity contribution in [2.45, 2.75) is 53.0 Å². The minimum Gasteiger partial charge on any atom is -0.379 e. The van der Waals surface area contributed by atoms with Crippen molar-refractivity contribution in [1.82, 2.24) is 29.8 Å². The van der Waals surface area contributed by atoms with Crippen LogP contribution >= 0.6 is 0 Å². The fourth-order valence-corrected chi connectivity index (χ4v) is 3.92. The minimum atomic E-state index is 0.0829. The maximum absolute atomic E-state index is 12.5. The molecule has 154 valence electrons. The maximum Gasteiger partial charge on any atom is 0.252 e. The summed E-state index contributed by atoms with van der Waals surface area (Å²) in [5.41, 5.74) is 2.98. The minimum absolute atomic E-state index is 0.0829. The van der Waals surface area contributed by atoms with Crippen molar-refractivity contribution in [3.05, 3.63) is 23.3 Å². The molecule has 0 aromatic carbocycles. The third kappa shape index (κ3) is 5.05. The van der Waals surface area contributed by atoms with Crippen LogP contribution in [0.4, 0.5) is 0 Å². The molecule has 28 heavy (non-hydrogen) atoms. The Morgan fingerprint density at radius 1 is 1.29 bits per heavy atom. The molecule has 1 atom stereocenters. The highest BCUT2D eigenvalue weighted by atomic mass is 16.5. The monoisotopic (exact) mass is 388 g/mol. The van der Waals surface area contributed by atoms with E-state index in [2.05, 4.69) is 39.1 Å². The molecule has 0 saturated carbocycles. The Labute approximate surface area is 166 Å². The van der Waals surface area contributed by atoms with Crippen LogP contribution in [0.15, 0.2) is 6.33 Å².